The molecule has 106 valence electrons. The second kappa shape index (κ2) is 7.50. The van der Waals surface area contributed by atoms with Crippen LogP contribution in [0.1, 0.15) is 11.1 Å². The summed E-state index contributed by atoms with van der Waals surface area (Å²) in [5.41, 5.74) is 7.92. The second-order valence-corrected chi connectivity index (χ2v) is 4.48. The molecule has 4 nitrogen and oxygen atoms in total. The van der Waals surface area contributed by atoms with E-state index in [0.29, 0.717) is 13.2 Å². The molecule has 0 atom stereocenters. The number of aromatic nitrogens is 1. The van der Waals surface area contributed by atoms with Crippen molar-refractivity contribution in [3.63, 3.8) is 0 Å². The van der Waals surface area contributed by atoms with Gasteiger partial charge in [0.25, 0.3) is 0 Å². The van der Waals surface area contributed by atoms with Gasteiger partial charge < -0.3 is 15.2 Å². The molecular weight excluding hydrogens is 252 g/mol. The molecule has 0 aliphatic carbocycles. The smallest absolute Gasteiger partial charge is 0.161 e. The average molecular weight is 272 g/mol. The van der Waals surface area contributed by atoms with Crippen LogP contribution in [0.4, 0.5) is 0 Å². The fraction of sp³-hybridized carbons (Fsp3) is 0.312. The van der Waals surface area contributed by atoms with Crippen molar-refractivity contribution >= 4 is 0 Å². The van der Waals surface area contributed by atoms with Crippen LogP contribution in [0.3, 0.4) is 0 Å². The van der Waals surface area contributed by atoms with Gasteiger partial charge in [0.05, 0.1) is 13.7 Å². The molecular formula is C16H20N2O2. The topological polar surface area (TPSA) is 57.4 Å². The lowest BCUT2D eigenvalue weighted by Crippen LogP contribution is -2.05. The maximum Gasteiger partial charge on any atom is 0.161 e. The lowest BCUT2D eigenvalue weighted by molar-refractivity contribution is 0.297. The highest BCUT2D eigenvalue weighted by molar-refractivity contribution is 5.43. The molecule has 2 aromatic rings. The molecule has 1 heterocycles. The van der Waals surface area contributed by atoms with Crippen molar-refractivity contribution in [1.29, 1.82) is 0 Å². The van der Waals surface area contributed by atoms with E-state index >= 15 is 0 Å². The van der Waals surface area contributed by atoms with Crippen LogP contribution in [0.2, 0.25) is 0 Å². The number of rotatable bonds is 7. The van der Waals surface area contributed by atoms with Crippen LogP contribution in [-0.4, -0.2) is 25.2 Å². The number of nitrogens with two attached hydrogens (primary N) is 1. The Morgan fingerprint density at radius 1 is 1.00 bits per heavy atom. The highest BCUT2D eigenvalue weighted by Gasteiger charge is 2.05. The zero-order valence-corrected chi connectivity index (χ0v) is 11.7. The average Bonchev–Trinajstić information content (AvgIpc) is 2.50. The molecule has 0 spiro atoms. The summed E-state index contributed by atoms with van der Waals surface area (Å²) in [6.45, 7) is 1.24. The van der Waals surface area contributed by atoms with Gasteiger partial charge in [0.2, 0.25) is 0 Å². The van der Waals surface area contributed by atoms with Gasteiger partial charge in [-0.2, -0.15) is 0 Å². The lowest BCUT2D eigenvalue weighted by Gasteiger charge is -2.12. The van der Waals surface area contributed by atoms with Crippen LogP contribution < -0.4 is 15.2 Å². The molecule has 4 heteroatoms. The zero-order valence-electron chi connectivity index (χ0n) is 11.7. The standard InChI is InChI=1S/C16H20N2O2/c1-19-16-12-14(4-8-17)2-3-15(16)20-11-7-13-5-9-18-10-6-13/h2-3,5-6,9-10,12H,4,7-8,11,17H2,1H3. The summed E-state index contributed by atoms with van der Waals surface area (Å²) in [6, 6.07) is 9.93. The number of pyridine rings is 1. The van der Waals surface area contributed by atoms with Gasteiger partial charge in [0.15, 0.2) is 11.5 Å². The van der Waals surface area contributed by atoms with Crippen molar-refractivity contribution in [3.05, 3.63) is 53.9 Å². The molecule has 0 unspecified atom stereocenters. The Hall–Kier alpha value is -2.07. The third-order valence-electron chi connectivity index (χ3n) is 3.06. The molecule has 0 bridgehead atoms. The minimum Gasteiger partial charge on any atom is -0.493 e. The number of hydrogen-bond donors (Lipinski definition) is 1. The molecule has 0 radical (unpaired) electrons. The first-order valence-corrected chi connectivity index (χ1v) is 6.72. The van der Waals surface area contributed by atoms with E-state index in [-0.39, 0.29) is 0 Å². The lowest BCUT2D eigenvalue weighted by atomic mass is 10.1. The molecule has 0 aliphatic rings. The van der Waals surface area contributed by atoms with Gasteiger partial charge in [-0.05, 0) is 48.4 Å². The predicted octanol–water partition coefficient (Wildman–Crippen LogP) is 2.21. The zero-order chi connectivity index (χ0) is 14.2. The Labute approximate surface area is 119 Å². The van der Waals surface area contributed by atoms with Gasteiger partial charge in [-0.15, -0.1) is 0 Å². The van der Waals surface area contributed by atoms with E-state index in [1.54, 1.807) is 19.5 Å². The van der Waals surface area contributed by atoms with Gasteiger partial charge in [0.1, 0.15) is 0 Å². The van der Waals surface area contributed by atoms with Crippen LogP contribution in [0.15, 0.2) is 42.7 Å². The number of hydrogen-bond acceptors (Lipinski definition) is 4. The van der Waals surface area contributed by atoms with Crippen molar-refractivity contribution in [2.75, 3.05) is 20.3 Å². The van der Waals surface area contributed by atoms with Crippen molar-refractivity contribution in [3.8, 4) is 11.5 Å². The summed E-state index contributed by atoms with van der Waals surface area (Å²) in [7, 11) is 1.65. The fourth-order valence-electron chi connectivity index (χ4n) is 1.98. The minimum atomic E-state index is 0.608. The van der Waals surface area contributed by atoms with E-state index in [4.69, 9.17) is 15.2 Å². The normalized spacial score (nSPS) is 10.3. The molecule has 0 aliphatic heterocycles. The van der Waals surface area contributed by atoms with E-state index in [1.807, 2.05) is 30.3 Å². The molecule has 0 fully saturated rings. The van der Waals surface area contributed by atoms with E-state index in [9.17, 15) is 0 Å². The SMILES string of the molecule is COc1cc(CCN)ccc1OCCc1ccncc1. The van der Waals surface area contributed by atoms with Crippen LogP contribution in [0, 0.1) is 0 Å². The Balaban J connectivity index is 1.95. The Bertz CT molecular complexity index is 529. The molecule has 0 saturated heterocycles. The third kappa shape index (κ3) is 3.96. The molecule has 2 N–H and O–H groups in total. The molecule has 0 amide bonds. The number of benzene rings is 1. The van der Waals surface area contributed by atoms with E-state index in [2.05, 4.69) is 4.98 Å². The van der Waals surface area contributed by atoms with Gasteiger partial charge >= 0.3 is 0 Å². The molecule has 1 aromatic heterocycles. The summed E-state index contributed by atoms with van der Waals surface area (Å²) in [6.07, 6.45) is 5.26. The Morgan fingerprint density at radius 2 is 1.80 bits per heavy atom. The molecule has 1 aromatic carbocycles. The highest BCUT2D eigenvalue weighted by atomic mass is 16.5. The predicted molar refractivity (Wildman–Crippen MR) is 79.2 cm³/mol. The number of methoxy groups -OCH3 is 1. The second-order valence-electron chi connectivity index (χ2n) is 4.48. The summed E-state index contributed by atoms with van der Waals surface area (Å²) >= 11 is 0. The fourth-order valence-corrected chi connectivity index (χ4v) is 1.98. The van der Waals surface area contributed by atoms with Crippen LogP contribution in [0.5, 0.6) is 11.5 Å². The van der Waals surface area contributed by atoms with Crippen LogP contribution in [-0.2, 0) is 12.8 Å². The van der Waals surface area contributed by atoms with Crippen molar-refractivity contribution < 1.29 is 9.47 Å². The monoisotopic (exact) mass is 272 g/mol. The number of ether oxygens (including phenoxy) is 2. The van der Waals surface area contributed by atoms with Crippen LogP contribution >= 0.6 is 0 Å². The van der Waals surface area contributed by atoms with Gasteiger partial charge in [-0.25, -0.2) is 0 Å². The highest BCUT2D eigenvalue weighted by Crippen LogP contribution is 2.28. The van der Waals surface area contributed by atoms with E-state index < -0.39 is 0 Å². The van der Waals surface area contributed by atoms with Crippen LogP contribution in [0.25, 0.3) is 0 Å². The molecule has 2 rings (SSSR count). The van der Waals surface area contributed by atoms with E-state index in [0.717, 1.165) is 29.9 Å². The first kappa shape index (κ1) is 14.3. The quantitative estimate of drug-likeness (QED) is 0.839. The van der Waals surface area contributed by atoms with E-state index in [1.165, 1.54) is 5.56 Å². The summed E-state index contributed by atoms with van der Waals surface area (Å²) in [4.78, 5) is 4.00. The Morgan fingerprint density at radius 3 is 2.50 bits per heavy atom. The van der Waals surface area contributed by atoms with Gasteiger partial charge in [-0.1, -0.05) is 6.07 Å². The molecule has 20 heavy (non-hydrogen) atoms. The first-order valence-electron chi connectivity index (χ1n) is 6.72. The van der Waals surface area contributed by atoms with Crippen molar-refractivity contribution in [2.24, 2.45) is 5.73 Å². The van der Waals surface area contributed by atoms with Gasteiger partial charge in [0, 0.05) is 18.8 Å². The Kier molecular flexibility index (Phi) is 5.38. The van der Waals surface area contributed by atoms with Gasteiger partial charge in [-0.3, -0.25) is 4.98 Å². The maximum atomic E-state index is 5.79. The molecule has 0 saturated carbocycles. The number of nitrogens with zero attached hydrogens (tertiary/aromatic N) is 1. The largest absolute Gasteiger partial charge is 0.493 e. The summed E-state index contributed by atoms with van der Waals surface area (Å²) in [5, 5.41) is 0. The summed E-state index contributed by atoms with van der Waals surface area (Å²) < 4.78 is 11.1. The third-order valence-corrected chi connectivity index (χ3v) is 3.06. The van der Waals surface area contributed by atoms with Crippen molar-refractivity contribution in [1.82, 2.24) is 4.98 Å². The minimum absolute atomic E-state index is 0.608. The van der Waals surface area contributed by atoms with Crippen molar-refractivity contribution in [2.45, 2.75) is 12.8 Å². The maximum absolute atomic E-state index is 5.79. The first-order chi connectivity index (χ1) is 9.83. The summed E-state index contributed by atoms with van der Waals surface area (Å²) in [5.74, 6) is 1.52.